The van der Waals surface area contributed by atoms with Gasteiger partial charge in [0.2, 0.25) is 5.78 Å². The summed E-state index contributed by atoms with van der Waals surface area (Å²) >= 11 is 0. The molecule has 1 fully saturated rings. The van der Waals surface area contributed by atoms with Gasteiger partial charge in [-0.05, 0) is 17.7 Å². The van der Waals surface area contributed by atoms with Crippen molar-refractivity contribution in [3.05, 3.63) is 41.5 Å². The minimum atomic E-state index is -1.94. The van der Waals surface area contributed by atoms with Crippen molar-refractivity contribution >= 4 is 5.78 Å². The Balaban J connectivity index is 1.75. The molecule has 0 amide bonds. The summed E-state index contributed by atoms with van der Waals surface area (Å²) in [6.07, 6.45) is -12.3. The number of aliphatic hydroxyl groups is 4. The average Bonchev–Trinajstić information content (AvgIpc) is 2.73. The van der Waals surface area contributed by atoms with Crippen LogP contribution in [0, 0.1) is 0 Å². The lowest BCUT2D eigenvalue weighted by molar-refractivity contribution is -0.347. The number of phenols is 4. The molecular formula is C20H20O12. The van der Waals surface area contributed by atoms with E-state index in [1.807, 2.05) is 0 Å². The number of phenolic OH excluding ortho intramolecular Hbond substituents is 4. The van der Waals surface area contributed by atoms with Crippen molar-refractivity contribution in [3.8, 4) is 28.7 Å². The summed E-state index contributed by atoms with van der Waals surface area (Å²) in [5, 5.41) is 78.8. The first-order valence-corrected chi connectivity index (χ1v) is 9.40. The SMILES string of the molecule is O=C1c2c(O)cc(O)cc2O[C@H](c2ccc(O)c(O)c2)[C@H]1O[C@@H]1O[C@@H](O)[C@H](O)[C@@H](O)[C@H]1O. The molecule has 172 valence electrons. The first-order chi connectivity index (χ1) is 15.1. The molecule has 12 heteroatoms. The van der Waals surface area contributed by atoms with Gasteiger partial charge in [0.05, 0.1) is 0 Å². The van der Waals surface area contributed by atoms with Crippen LogP contribution in [0.4, 0.5) is 0 Å². The molecule has 7 atom stereocenters. The molecule has 0 bridgehead atoms. The molecule has 2 aliphatic rings. The Morgan fingerprint density at radius 3 is 2.22 bits per heavy atom. The predicted octanol–water partition coefficient (Wildman–Crippen LogP) is -1.03. The standard InChI is InChI=1S/C20H20O12/c21-7-4-10(24)12-11(5-7)30-17(6-1-2-8(22)9(23)3-6)18(13(12)25)31-20-16(28)14(26)15(27)19(29)32-20/h1-5,14-24,26-29H/t14-,15-,16-,17-,18+,19-,20-/m1/s1. The zero-order chi connectivity index (χ0) is 23.3. The van der Waals surface area contributed by atoms with Gasteiger partial charge in [0.25, 0.3) is 0 Å². The van der Waals surface area contributed by atoms with E-state index in [-0.39, 0.29) is 16.9 Å². The van der Waals surface area contributed by atoms with E-state index in [4.69, 9.17) is 14.2 Å². The van der Waals surface area contributed by atoms with Crippen molar-refractivity contribution in [3.63, 3.8) is 0 Å². The van der Waals surface area contributed by atoms with E-state index in [0.29, 0.717) is 0 Å². The normalized spacial score (nSPS) is 32.2. The highest BCUT2D eigenvalue weighted by molar-refractivity contribution is 6.05. The van der Waals surface area contributed by atoms with E-state index in [2.05, 4.69) is 0 Å². The summed E-state index contributed by atoms with van der Waals surface area (Å²) in [4.78, 5) is 13.2. The zero-order valence-corrected chi connectivity index (χ0v) is 16.1. The van der Waals surface area contributed by atoms with Gasteiger partial charge in [-0.2, -0.15) is 0 Å². The summed E-state index contributed by atoms with van der Waals surface area (Å²) in [6, 6.07) is 5.50. The number of hydrogen-bond acceptors (Lipinski definition) is 12. The van der Waals surface area contributed by atoms with Gasteiger partial charge >= 0.3 is 0 Å². The molecule has 0 aliphatic carbocycles. The highest BCUT2D eigenvalue weighted by atomic mass is 16.8. The van der Waals surface area contributed by atoms with E-state index in [9.17, 15) is 45.6 Å². The minimum absolute atomic E-state index is 0.124. The number of aliphatic hydroxyl groups excluding tert-OH is 4. The number of ether oxygens (including phenoxy) is 3. The number of ketones is 1. The van der Waals surface area contributed by atoms with Crippen LogP contribution in [0.1, 0.15) is 22.0 Å². The second-order valence-corrected chi connectivity index (χ2v) is 7.41. The molecule has 0 spiro atoms. The van der Waals surface area contributed by atoms with Gasteiger partial charge in [-0.25, -0.2) is 0 Å². The number of hydrogen-bond donors (Lipinski definition) is 8. The van der Waals surface area contributed by atoms with Gasteiger partial charge in [-0.1, -0.05) is 6.07 Å². The second-order valence-electron chi connectivity index (χ2n) is 7.41. The van der Waals surface area contributed by atoms with Crippen molar-refractivity contribution < 1.29 is 59.9 Å². The van der Waals surface area contributed by atoms with E-state index in [1.54, 1.807) is 0 Å². The van der Waals surface area contributed by atoms with Crippen LogP contribution in [0.5, 0.6) is 28.7 Å². The number of benzene rings is 2. The lowest BCUT2D eigenvalue weighted by Crippen LogP contribution is -2.59. The third kappa shape index (κ3) is 3.68. The Hall–Kier alpha value is -3.13. The van der Waals surface area contributed by atoms with E-state index in [0.717, 1.165) is 24.3 Å². The molecule has 2 aromatic rings. The van der Waals surface area contributed by atoms with Gasteiger partial charge in [0.15, 0.2) is 36.3 Å². The molecule has 1 saturated heterocycles. The first kappa shape index (κ1) is 22.1. The van der Waals surface area contributed by atoms with Crippen LogP contribution >= 0.6 is 0 Å². The van der Waals surface area contributed by atoms with Gasteiger partial charge in [-0.15, -0.1) is 0 Å². The van der Waals surface area contributed by atoms with Gasteiger partial charge in [0.1, 0.15) is 41.1 Å². The summed E-state index contributed by atoms with van der Waals surface area (Å²) in [7, 11) is 0. The number of Topliss-reactive ketones (excluding diaryl/α,β-unsaturated/α-hetero) is 1. The largest absolute Gasteiger partial charge is 0.508 e. The van der Waals surface area contributed by atoms with Crippen molar-refractivity contribution in [1.82, 2.24) is 0 Å². The summed E-state index contributed by atoms with van der Waals surface area (Å²) in [6.45, 7) is 0. The van der Waals surface area contributed by atoms with E-state index in [1.165, 1.54) is 6.07 Å². The monoisotopic (exact) mass is 452 g/mol. The molecule has 4 rings (SSSR count). The maximum atomic E-state index is 13.2. The van der Waals surface area contributed by atoms with Crippen molar-refractivity contribution in [2.24, 2.45) is 0 Å². The maximum absolute atomic E-state index is 13.2. The van der Waals surface area contributed by atoms with Gasteiger partial charge < -0.3 is 55.1 Å². The molecule has 0 saturated carbocycles. The third-order valence-corrected chi connectivity index (χ3v) is 5.25. The van der Waals surface area contributed by atoms with Crippen LogP contribution in [0.3, 0.4) is 0 Å². The topological polar surface area (TPSA) is 207 Å². The molecule has 2 aromatic carbocycles. The zero-order valence-electron chi connectivity index (χ0n) is 16.1. The fourth-order valence-electron chi connectivity index (χ4n) is 3.59. The maximum Gasteiger partial charge on any atom is 0.203 e. The molecule has 0 aromatic heterocycles. The van der Waals surface area contributed by atoms with E-state index < -0.39 is 71.9 Å². The van der Waals surface area contributed by atoms with Crippen molar-refractivity contribution in [1.29, 1.82) is 0 Å². The van der Waals surface area contributed by atoms with Crippen LogP contribution in [0.25, 0.3) is 0 Å². The third-order valence-electron chi connectivity index (χ3n) is 5.25. The van der Waals surface area contributed by atoms with Gasteiger partial charge in [0, 0.05) is 12.1 Å². The molecule has 8 N–H and O–H groups in total. The molecule has 2 aliphatic heterocycles. The Labute approximate surface area is 179 Å². The average molecular weight is 452 g/mol. The van der Waals surface area contributed by atoms with Crippen LogP contribution in [0.2, 0.25) is 0 Å². The highest BCUT2D eigenvalue weighted by Gasteiger charge is 2.49. The number of rotatable bonds is 3. The molecule has 0 radical (unpaired) electrons. The molecule has 0 unspecified atom stereocenters. The summed E-state index contributed by atoms with van der Waals surface area (Å²) in [5.74, 6) is -3.07. The molecule has 2 heterocycles. The van der Waals surface area contributed by atoms with Gasteiger partial charge in [-0.3, -0.25) is 4.79 Å². The van der Waals surface area contributed by atoms with Crippen LogP contribution in [-0.2, 0) is 9.47 Å². The van der Waals surface area contributed by atoms with Crippen molar-refractivity contribution in [2.75, 3.05) is 0 Å². The first-order valence-electron chi connectivity index (χ1n) is 9.40. The predicted molar refractivity (Wildman–Crippen MR) is 101 cm³/mol. The Morgan fingerprint density at radius 2 is 1.53 bits per heavy atom. The van der Waals surface area contributed by atoms with Crippen LogP contribution < -0.4 is 4.74 Å². The smallest absolute Gasteiger partial charge is 0.203 e. The highest BCUT2D eigenvalue weighted by Crippen LogP contribution is 2.44. The minimum Gasteiger partial charge on any atom is -0.508 e. The fourth-order valence-corrected chi connectivity index (χ4v) is 3.59. The number of fused-ring (bicyclic) bond motifs is 1. The molecule has 12 nitrogen and oxygen atoms in total. The van der Waals surface area contributed by atoms with Crippen LogP contribution in [-0.4, -0.2) is 83.6 Å². The Bertz CT molecular complexity index is 1040. The number of carbonyl (C=O) groups is 1. The lowest BCUT2D eigenvalue weighted by Gasteiger charge is -2.41. The molecule has 32 heavy (non-hydrogen) atoms. The number of carbonyl (C=O) groups excluding carboxylic acids is 1. The van der Waals surface area contributed by atoms with Crippen molar-refractivity contribution in [2.45, 2.75) is 43.1 Å². The molecular weight excluding hydrogens is 432 g/mol. The summed E-state index contributed by atoms with van der Waals surface area (Å²) in [5.41, 5.74) is -0.225. The quantitative estimate of drug-likeness (QED) is 0.263. The van der Waals surface area contributed by atoms with Crippen LogP contribution in [0.15, 0.2) is 30.3 Å². The Morgan fingerprint density at radius 1 is 0.812 bits per heavy atom. The summed E-state index contributed by atoms with van der Waals surface area (Å²) < 4.78 is 16.2. The number of aromatic hydroxyl groups is 4. The lowest BCUT2D eigenvalue weighted by atomic mass is 9.92. The van der Waals surface area contributed by atoms with E-state index >= 15 is 0 Å². The second kappa shape index (κ2) is 8.09. The fraction of sp³-hybridized carbons (Fsp3) is 0.350. The Kier molecular flexibility index (Phi) is 5.58.